The molecule has 0 saturated carbocycles. The summed E-state index contributed by atoms with van der Waals surface area (Å²) < 4.78 is 12.5. The zero-order valence-corrected chi connectivity index (χ0v) is 15.9. The molecule has 2 N–H and O–H groups in total. The van der Waals surface area contributed by atoms with Crippen molar-refractivity contribution in [3.05, 3.63) is 54.1 Å². The molecule has 0 fully saturated rings. The number of nitrogen functional groups attached to an aromatic ring is 1. The van der Waals surface area contributed by atoms with Crippen LogP contribution in [0.15, 0.2) is 53.7 Å². The predicted octanol–water partition coefficient (Wildman–Crippen LogP) is 3.75. The van der Waals surface area contributed by atoms with Crippen LogP contribution in [0.3, 0.4) is 0 Å². The molecule has 0 aliphatic carbocycles. The first-order valence-electron chi connectivity index (χ1n) is 8.30. The van der Waals surface area contributed by atoms with E-state index in [1.54, 1.807) is 7.11 Å². The number of nitrogens with zero attached hydrogens (tertiary/aromatic N) is 3. The van der Waals surface area contributed by atoms with Gasteiger partial charge in [-0.2, -0.15) is 0 Å². The Morgan fingerprint density at radius 3 is 2.62 bits per heavy atom. The summed E-state index contributed by atoms with van der Waals surface area (Å²) in [5, 5.41) is 9.11. The van der Waals surface area contributed by atoms with Crippen molar-refractivity contribution >= 4 is 11.8 Å². The van der Waals surface area contributed by atoms with Gasteiger partial charge in [0, 0.05) is 11.3 Å². The van der Waals surface area contributed by atoms with Crippen LogP contribution >= 0.6 is 11.8 Å². The molecule has 0 radical (unpaired) electrons. The first-order chi connectivity index (χ1) is 12.6. The van der Waals surface area contributed by atoms with Gasteiger partial charge in [-0.25, -0.2) is 4.68 Å². The van der Waals surface area contributed by atoms with Gasteiger partial charge in [-0.3, -0.25) is 0 Å². The van der Waals surface area contributed by atoms with E-state index in [2.05, 4.69) is 10.2 Å². The van der Waals surface area contributed by atoms with Gasteiger partial charge in [0.2, 0.25) is 5.16 Å². The molecule has 3 aromatic rings. The lowest BCUT2D eigenvalue weighted by atomic mass is 10.2. The largest absolute Gasteiger partial charge is 0.497 e. The number of ether oxygens (including phenoxy) is 2. The van der Waals surface area contributed by atoms with Gasteiger partial charge in [0.1, 0.15) is 11.5 Å². The molecule has 0 amide bonds. The number of nitrogens with two attached hydrogens (primary N) is 1. The van der Waals surface area contributed by atoms with Crippen molar-refractivity contribution in [2.45, 2.75) is 30.9 Å². The Morgan fingerprint density at radius 1 is 1.08 bits per heavy atom. The highest BCUT2D eigenvalue weighted by molar-refractivity contribution is 7.98. The van der Waals surface area contributed by atoms with Gasteiger partial charge in [-0.05, 0) is 43.7 Å². The summed E-state index contributed by atoms with van der Waals surface area (Å²) in [6.07, 6.45) is 0.106. The van der Waals surface area contributed by atoms with Crippen LogP contribution in [0.4, 0.5) is 0 Å². The molecule has 7 heteroatoms. The van der Waals surface area contributed by atoms with Crippen LogP contribution in [0.5, 0.6) is 11.5 Å². The number of hydrogen-bond acceptors (Lipinski definition) is 6. The lowest BCUT2D eigenvalue weighted by Crippen LogP contribution is -2.11. The highest BCUT2D eigenvalue weighted by Crippen LogP contribution is 2.27. The molecular formula is C19H22N4O2S. The molecule has 0 bridgehead atoms. The van der Waals surface area contributed by atoms with Crippen molar-refractivity contribution in [3.63, 3.8) is 0 Å². The van der Waals surface area contributed by atoms with Crippen molar-refractivity contribution in [2.24, 2.45) is 0 Å². The van der Waals surface area contributed by atoms with E-state index in [1.807, 2.05) is 62.4 Å². The van der Waals surface area contributed by atoms with Gasteiger partial charge < -0.3 is 15.3 Å². The third-order valence-corrected chi connectivity index (χ3v) is 4.64. The average Bonchev–Trinajstić information content (AvgIpc) is 3.00. The van der Waals surface area contributed by atoms with Gasteiger partial charge >= 0.3 is 0 Å². The molecule has 26 heavy (non-hydrogen) atoms. The molecule has 2 aromatic carbocycles. The van der Waals surface area contributed by atoms with Crippen LogP contribution in [0, 0.1) is 0 Å². The minimum absolute atomic E-state index is 0.106. The second-order valence-electron chi connectivity index (χ2n) is 6.01. The molecule has 0 aliphatic heterocycles. The second kappa shape index (κ2) is 8.14. The summed E-state index contributed by atoms with van der Waals surface area (Å²) in [5.74, 6) is 9.16. The van der Waals surface area contributed by atoms with Gasteiger partial charge in [0.25, 0.3) is 0 Å². The maximum absolute atomic E-state index is 6.21. The van der Waals surface area contributed by atoms with Crippen molar-refractivity contribution < 1.29 is 9.47 Å². The third-order valence-electron chi connectivity index (χ3n) is 3.63. The summed E-state index contributed by atoms with van der Waals surface area (Å²) >= 11 is 1.53. The minimum Gasteiger partial charge on any atom is -0.497 e. The summed E-state index contributed by atoms with van der Waals surface area (Å²) in [5.41, 5.74) is 2.00. The standard InChI is InChI=1S/C19H22N4O2S/c1-13(2)25-17-9-5-7-15(11-17)18-21-22-19(23(18)20)26-12-14-6-4-8-16(10-14)24-3/h4-11,13H,12,20H2,1-3H3. The second-order valence-corrected chi connectivity index (χ2v) is 6.95. The zero-order valence-electron chi connectivity index (χ0n) is 15.0. The van der Waals surface area contributed by atoms with E-state index < -0.39 is 0 Å². The van der Waals surface area contributed by atoms with Crippen molar-refractivity contribution in [3.8, 4) is 22.9 Å². The summed E-state index contributed by atoms with van der Waals surface area (Å²) in [6, 6.07) is 15.6. The van der Waals surface area contributed by atoms with Crippen molar-refractivity contribution in [1.29, 1.82) is 0 Å². The maximum Gasteiger partial charge on any atom is 0.210 e. The molecule has 3 rings (SSSR count). The zero-order chi connectivity index (χ0) is 18.5. The molecule has 1 heterocycles. The fourth-order valence-corrected chi connectivity index (χ4v) is 3.26. The third kappa shape index (κ3) is 4.29. The Balaban J connectivity index is 1.75. The molecule has 0 atom stereocenters. The Labute approximate surface area is 157 Å². The van der Waals surface area contributed by atoms with E-state index in [9.17, 15) is 0 Å². The van der Waals surface area contributed by atoms with Crippen LogP contribution in [0.1, 0.15) is 19.4 Å². The van der Waals surface area contributed by atoms with Crippen molar-refractivity contribution in [2.75, 3.05) is 13.0 Å². The molecule has 6 nitrogen and oxygen atoms in total. The van der Waals surface area contributed by atoms with E-state index >= 15 is 0 Å². The first kappa shape index (κ1) is 18.1. The number of rotatable bonds is 7. The Kier molecular flexibility index (Phi) is 5.68. The molecule has 0 saturated heterocycles. The SMILES string of the molecule is COc1cccc(CSc2nnc(-c3cccc(OC(C)C)c3)n2N)c1. The number of hydrogen-bond donors (Lipinski definition) is 1. The number of methoxy groups -OCH3 is 1. The van der Waals surface area contributed by atoms with E-state index in [-0.39, 0.29) is 6.10 Å². The van der Waals surface area contributed by atoms with Crippen LogP contribution in [0.2, 0.25) is 0 Å². The van der Waals surface area contributed by atoms with Crippen molar-refractivity contribution in [1.82, 2.24) is 14.9 Å². The van der Waals surface area contributed by atoms with Gasteiger partial charge in [0.15, 0.2) is 5.82 Å². The lowest BCUT2D eigenvalue weighted by Gasteiger charge is -2.10. The molecule has 0 spiro atoms. The normalized spacial score (nSPS) is 10.9. The average molecular weight is 370 g/mol. The number of thioether (sulfide) groups is 1. The molecule has 136 valence electrons. The number of aromatic nitrogens is 3. The van der Waals surface area contributed by atoms with E-state index in [1.165, 1.54) is 16.4 Å². The fraction of sp³-hybridized carbons (Fsp3) is 0.263. The Morgan fingerprint density at radius 2 is 1.85 bits per heavy atom. The van der Waals surface area contributed by atoms with Crippen LogP contribution in [-0.4, -0.2) is 28.1 Å². The van der Waals surface area contributed by atoms with E-state index in [4.69, 9.17) is 15.3 Å². The minimum atomic E-state index is 0.106. The lowest BCUT2D eigenvalue weighted by molar-refractivity contribution is 0.242. The predicted molar refractivity (Wildman–Crippen MR) is 104 cm³/mol. The van der Waals surface area contributed by atoms with Gasteiger partial charge in [0.05, 0.1) is 13.2 Å². The van der Waals surface area contributed by atoms with Gasteiger partial charge in [-0.15, -0.1) is 10.2 Å². The summed E-state index contributed by atoms with van der Waals surface area (Å²) in [7, 11) is 1.66. The van der Waals surface area contributed by atoms with Crippen LogP contribution < -0.4 is 15.3 Å². The highest BCUT2D eigenvalue weighted by atomic mass is 32.2. The monoisotopic (exact) mass is 370 g/mol. The van der Waals surface area contributed by atoms with Crippen LogP contribution in [-0.2, 0) is 5.75 Å². The first-order valence-corrected chi connectivity index (χ1v) is 9.28. The number of benzene rings is 2. The highest BCUT2D eigenvalue weighted by Gasteiger charge is 2.13. The quantitative estimate of drug-likeness (QED) is 0.504. The topological polar surface area (TPSA) is 75.2 Å². The fourth-order valence-electron chi connectivity index (χ4n) is 2.46. The smallest absolute Gasteiger partial charge is 0.210 e. The summed E-state index contributed by atoms with van der Waals surface area (Å²) in [6.45, 7) is 3.98. The summed E-state index contributed by atoms with van der Waals surface area (Å²) in [4.78, 5) is 0. The molecular weight excluding hydrogens is 348 g/mol. The Bertz CT molecular complexity index is 879. The molecule has 0 unspecified atom stereocenters. The van der Waals surface area contributed by atoms with Gasteiger partial charge in [-0.1, -0.05) is 36.0 Å². The van der Waals surface area contributed by atoms with Crippen LogP contribution in [0.25, 0.3) is 11.4 Å². The molecule has 1 aromatic heterocycles. The maximum atomic E-state index is 6.21. The van der Waals surface area contributed by atoms with E-state index in [0.717, 1.165) is 28.4 Å². The molecule has 0 aliphatic rings. The van der Waals surface area contributed by atoms with E-state index in [0.29, 0.717) is 11.0 Å². The Hall–Kier alpha value is -2.67.